The first-order valence-electron chi connectivity index (χ1n) is 8.46. The molecule has 2 aliphatic heterocycles. The van der Waals surface area contributed by atoms with Gasteiger partial charge >= 0.3 is 6.09 Å². The molecular weight excluding hydrogens is 310 g/mol. The zero-order valence-electron chi connectivity index (χ0n) is 14.3. The highest BCUT2D eigenvalue weighted by Crippen LogP contribution is 2.29. The van der Waals surface area contributed by atoms with Crippen LogP contribution in [-0.2, 0) is 27.2 Å². The molecule has 1 aromatic heterocycles. The van der Waals surface area contributed by atoms with Gasteiger partial charge in [-0.05, 0) is 42.9 Å². The quantitative estimate of drug-likeness (QED) is 0.834. The second-order valence-electron chi connectivity index (χ2n) is 6.12. The van der Waals surface area contributed by atoms with Crippen molar-refractivity contribution in [2.45, 2.75) is 38.5 Å². The molecular formula is C17H25N3O4. The smallest absolute Gasteiger partial charge is 0.410 e. The summed E-state index contributed by atoms with van der Waals surface area (Å²) >= 11 is 0. The molecule has 3 rings (SSSR count). The second-order valence-corrected chi connectivity index (χ2v) is 6.12. The SMILES string of the molecule is COC(OC)c1nc2c(cc1CN1CCCCOC1=O)CCCN2. The fourth-order valence-electron chi connectivity index (χ4n) is 3.19. The van der Waals surface area contributed by atoms with E-state index in [1.807, 2.05) is 0 Å². The molecule has 1 saturated heterocycles. The second kappa shape index (κ2) is 7.81. The van der Waals surface area contributed by atoms with Crippen molar-refractivity contribution in [3.05, 3.63) is 22.9 Å². The number of hydrogen-bond donors (Lipinski definition) is 1. The number of methoxy groups -OCH3 is 2. The Morgan fingerprint density at radius 2 is 2.17 bits per heavy atom. The van der Waals surface area contributed by atoms with Gasteiger partial charge in [0.15, 0.2) is 0 Å². The van der Waals surface area contributed by atoms with Crippen molar-refractivity contribution in [2.24, 2.45) is 0 Å². The molecule has 1 amide bonds. The number of rotatable bonds is 5. The predicted molar refractivity (Wildman–Crippen MR) is 88.8 cm³/mol. The van der Waals surface area contributed by atoms with E-state index in [1.165, 1.54) is 5.56 Å². The Labute approximate surface area is 142 Å². The Balaban J connectivity index is 1.92. The van der Waals surface area contributed by atoms with Crippen molar-refractivity contribution in [2.75, 3.05) is 39.2 Å². The molecule has 3 heterocycles. The molecule has 0 aromatic carbocycles. The van der Waals surface area contributed by atoms with Crippen LogP contribution in [0.3, 0.4) is 0 Å². The van der Waals surface area contributed by atoms with Crippen LogP contribution in [0.15, 0.2) is 6.07 Å². The van der Waals surface area contributed by atoms with Crippen LogP contribution in [0.2, 0.25) is 0 Å². The van der Waals surface area contributed by atoms with Gasteiger partial charge in [-0.3, -0.25) is 0 Å². The third-order valence-corrected chi connectivity index (χ3v) is 4.45. The Morgan fingerprint density at radius 1 is 1.33 bits per heavy atom. The Hall–Kier alpha value is -1.86. The van der Waals surface area contributed by atoms with Crippen LogP contribution in [0.1, 0.15) is 42.4 Å². The van der Waals surface area contributed by atoms with Gasteiger partial charge in [-0.15, -0.1) is 0 Å². The zero-order chi connectivity index (χ0) is 16.9. The van der Waals surface area contributed by atoms with Crippen LogP contribution in [0.5, 0.6) is 0 Å². The number of aryl methyl sites for hydroxylation is 1. The normalized spacial score (nSPS) is 18.0. The minimum absolute atomic E-state index is 0.263. The number of aromatic nitrogens is 1. The number of carbonyl (C=O) groups is 1. The molecule has 0 bridgehead atoms. The summed E-state index contributed by atoms with van der Waals surface area (Å²) in [5, 5.41) is 3.33. The summed E-state index contributed by atoms with van der Waals surface area (Å²) in [6.07, 6.45) is 3.09. The van der Waals surface area contributed by atoms with Gasteiger partial charge in [0, 0.05) is 27.3 Å². The first-order chi connectivity index (χ1) is 11.7. The van der Waals surface area contributed by atoms with E-state index in [4.69, 9.17) is 19.2 Å². The van der Waals surface area contributed by atoms with Crippen LogP contribution in [0.25, 0.3) is 0 Å². The molecule has 0 aliphatic carbocycles. The fraction of sp³-hybridized carbons (Fsp3) is 0.647. The largest absolute Gasteiger partial charge is 0.449 e. The lowest BCUT2D eigenvalue weighted by molar-refractivity contribution is -0.109. The minimum Gasteiger partial charge on any atom is -0.449 e. The van der Waals surface area contributed by atoms with Gasteiger partial charge in [0.05, 0.1) is 13.2 Å². The van der Waals surface area contributed by atoms with Crippen molar-refractivity contribution < 1.29 is 19.0 Å². The molecule has 0 atom stereocenters. The van der Waals surface area contributed by atoms with Gasteiger partial charge in [0.1, 0.15) is 11.5 Å². The highest BCUT2D eigenvalue weighted by molar-refractivity contribution is 5.68. The average Bonchev–Trinajstić information content (AvgIpc) is 2.81. The third-order valence-electron chi connectivity index (χ3n) is 4.45. The molecule has 0 saturated carbocycles. The number of anilines is 1. The Bertz CT molecular complexity index is 589. The van der Waals surface area contributed by atoms with Crippen LogP contribution < -0.4 is 5.32 Å². The zero-order valence-corrected chi connectivity index (χ0v) is 14.3. The Morgan fingerprint density at radius 3 is 2.96 bits per heavy atom. The van der Waals surface area contributed by atoms with Crippen molar-refractivity contribution in [1.82, 2.24) is 9.88 Å². The molecule has 1 N–H and O–H groups in total. The van der Waals surface area contributed by atoms with E-state index >= 15 is 0 Å². The van der Waals surface area contributed by atoms with Gasteiger partial charge in [0.25, 0.3) is 0 Å². The van der Waals surface area contributed by atoms with Crippen molar-refractivity contribution in [3.8, 4) is 0 Å². The number of nitrogens with one attached hydrogen (secondary N) is 1. The Kier molecular flexibility index (Phi) is 5.52. The number of pyridine rings is 1. The number of fused-ring (bicyclic) bond motifs is 1. The molecule has 2 aliphatic rings. The van der Waals surface area contributed by atoms with Crippen molar-refractivity contribution >= 4 is 11.9 Å². The van der Waals surface area contributed by atoms with Gasteiger partial charge in [-0.25, -0.2) is 9.78 Å². The molecule has 1 fully saturated rings. The number of cyclic esters (lactones) is 1. The third kappa shape index (κ3) is 3.62. The molecule has 132 valence electrons. The van der Waals surface area contributed by atoms with E-state index in [2.05, 4.69) is 11.4 Å². The number of amides is 1. The van der Waals surface area contributed by atoms with E-state index in [9.17, 15) is 4.79 Å². The lowest BCUT2D eigenvalue weighted by Crippen LogP contribution is -2.31. The minimum atomic E-state index is -0.558. The molecule has 7 nitrogen and oxygen atoms in total. The van der Waals surface area contributed by atoms with Gasteiger partial charge in [-0.2, -0.15) is 0 Å². The van der Waals surface area contributed by atoms with Gasteiger partial charge in [0.2, 0.25) is 6.29 Å². The highest BCUT2D eigenvalue weighted by atomic mass is 16.7. The summed E-state index contributed by atoms with van der Waals surface area (Å²) in [6, 6.07) is 2.12. The number of hydrogen-bond acceptors (Lipinski definition) is 6. The number of carbonyl (C=O) groups excluding carboxylic acids is 1. The monoisotopic (exact) mass is 335 g/mol. The maximum absolute atomic E-state index is 12.1. The molecule has 0 radical (unpaired) electrons. The summed E-state index contributed by atoms with van der Waals surface area (Å²) in [6.45, 7) is 2.56. The highest BCUT2D eigenvalue weighted by Gasteiger charge is 2.25. The van der Waals surface area contributed by atoms with Crippen LogP contribution in [0, 0.1) is 0 Å². The summed E-state index contributed by atoms with van der Waals surface area (Å²) in [5.41, 5.74) is 2.84. The topological polar surface area (TPSA) is 72.9 Å². The summed E-state index contributed by atoms with van der Waals surface area (Å²) in [7, 11) is 3.18. The maximum atomic E-state index is 12.1. The lowest BCUT2D eigenvalue weighted by Gasteiger charge is -2.26. The van der Waals surface area contributed by atoms with Gasteiger partial charge in [-0.1, -0.05) is 0 Å². The first-order valence-corrected chi connectivity index (χ1v) is 8.46. The van der Waals surface area contributed by atoms with Crippen molar-refractivity contribution in [3.63, 3.8) is 0 Å². The lowest BCUT2D eigenvalue weighted by atomic mass is 10.0. The summed E-state index contributed by atoms with van der Waals surface area (Å²) in [5.74, 6) is 0.887. The number of nitrogens with zero attached hydrogens (tertiary/aromatic N) is 2. The van der Waals surface area contributed by atoms with E-state index in [1.54, 1.807) is 19.1 Å². The van der Waals surface area contributed by atoms with Gasteiger partial charge < -0.3 is 24.4 Å². The molecule has 1 aromatic rings. The van der Waals surface area contributed by atoms with E-state index in [-0.39, 0.29) is 6.09 Å². The van der Waals surface area contributed by atoms with E-state index in [0.717, 1.165) is 43.6 Å². The first kappa shape index (κ1) is 17.0. The van der Waals surface area contributed by atoms with Crippen LogP contribution in [-0.4, -0.2) is 49.9 Å². The molecule has 0 spiro atoms. The summed E-state index contributed by atoms with van der Waals surface area (Å²) < 4.78 is 16.1. The predicted octanol–water partition coefficient (Wildman–Crippen LogP) is 2.46. The molecule has 7 heteroatoms. The summed E-state index contributed by atoms with van der Waals surface area (Å²) in [4.78, 5) is 18.6. The standard InChI is InChI=1S/C17H25N3O4/c1-22-16(23-2)14-13(10-12-6-5-7-18-15(12)19-14)11-20-8-3-4-9-24-17(20)21/h10,16H,3-9,11H2,1-2H3,(H,18,19). The van der Waals surface area contributed by atoms with E-state index < -0.39 is 6.29 Å². The number of ether oxygens (including phenoxy) is 3. The maximum Gasteiger partial charge on any atom is 0.410 e. The molecule has 24 heavy (non-hydrogen) atoms. The van der Waals surface area contributed by atoms with Crippen molar-refractivity contribution in [1.29, 1.82) is 0 Å². The van der Waals surface area contributed by atoms with Crippen LogP contribution in [0.4, 0.5) is 10.6 Å². The van der Waals surface area contributed by atoms with E-state index in [0.29, 0.717) is 25.4 Å². The fourth-order valence-corrected chi connectivity index (χ4v) is 3.19. The van der Waals surface area contributed by atoms with Crippen LogP contribution >= 0.6 is 0 Å². The average molecular weight is 335 g/mol. The molecule has 0 unspecified atom stereocenters.